The zero-order valence-corrected chi connectivity index (χ0v) is 6.59. The molecule has 0 aromatic heterocycles. The lowest BCUT2D eigenvalue weighted by molar-refractivity contribution is 1.07. The number of hydrogen-bond acceptors (Lipinski definition) is 2. The summed E-state index contributed by atoms with van der Waals surface area (Å²) in [7, 11) is 0. The largest absolute Gasteiger partial charge is 0.399 e. The van der Waals surface area contributed by atoms with Gasteiger partial charge in [-0.3, -0.25) is 0 Å². The van der Waals surface area contributed by atoms with Gasteiger partial charge in [-0.1, -0.05) is 12.1 Å². The summed E-state index contributed by atoms with van der Waals surface area (Å²) in [5.74, 6) is 0. The van der Waals surface area contributed by atoms with Gasteiger partial charge < -0.3 is 11.5 Å². The van der Waals surface area contributed by atoms with Crippen molar-refractivity contribution in [3.63, 3.8) is 0 Å². The topological polar surface area (TPSA) is 52.0 Å². The molecule has 1 rings (SSSR count). The average Bonchev–Trinajstić information content (AvgIpc) is 2.10. The lowest BCUT2D eigenvalue weighted by atomic mass is 10.2. The van der Waals surface area contributed by atoms with Crippen molar-refractivity contribution in [3.8, 4) is 0 Å². The van der Waals surface area contributed by atoms with Crippen LogP contribution in [0.5, 0.6) is 0 Å². The van der Waals surface area contributed by atoms with Gasteiger partial charge in [0.05, 0.1) is 0 Å². The summed E-state index contributed by atoms with van der Waals surface area (Å²) in [6.07, 6.45) is 0. The molecule has 0 amide bonds. The molecule has 2 heteroatoms. The van der Waals surface area contributed by atoms with Gasteiger partial charge in [-0.05, 0) is 17.7 Å². The van der Waals surface area contributed by atoms with Gasteiger partial charge in [0.1, 0.15) is 0 Å². The number of nitrogen functional groups attached to an aromatic ring is 1. The SMILES string of the molecule is C=C.NCc1ccc(N)cc1. The molecule has 0 aliphatic carbocycles. The van der Waals surface area contributed by atoms with E-state index in [2.05, 4.69) is 13.2 Å². The molecular weight excluding hydrogens is 136 g/mol. The van der Waals surface area contributed by atoms with Crippen molar-refractivity contribution in [3.05, 3.63) is 43.0 Å². The molecule has 2 nitrogen and oxygen atoms in total. The van der Waals surface area contributed by atoms with Crippen LogP contribution in [0.25, 0.3) is 0 Å². The first-order chi connectivity index (χ1) is 5.33. The number of benzene rings is 1. The minimum absolute atomic E-state index is 0.584. The normalized spacial score (nSPS) is 8.09. The molecule has 0 saturated heterocycles. The van der Waals surface area contributed by atoms with Crippen molar-refractivity contribution < 1.29 is 0 Å². The first-order valence-corrected chi connectivity index (χ1v) is 3.37. The average molecular weight is 150 g/mol. The predicted octanol–water partition coefficient (Wildman–Crippen LogP) is 1.53. The van der Waals surface area contributed by atoms with Gasteiger partial charge in [-0.2, -0.15) is 0 Å². The Balaban J connectivity index is 0.000000461. The Hall–Kier alpha value is -1.28. The number of rotatable bonds is 1. The molecule has 0 atom stereocenters. The van der Waals surface area contributed by atoms with Gasteiger partial charge >= 0.3 is 0 Å². The van der Waals surface area contributed by atoms with Crippen LogP contribution in [-0.4, -0.2) is 0 Å². The predicted molar refractivity (Wildman–Crippen MR) is 50.0 cm³/mol. The second kappa shape index (κ2) is 5.50. The Morgan fingerprint density at radius 3 is 1.91 bits per heavy atom. The Bertz CT molecular complexity index is 191. The van der Waals surface area contributed by atoms with Crippen LogP contribution in [0.15, 0.2) is 37.4 Å². The molecule has 0 unspecified atom stereocenters. The molecule has 4 N–H and O–H groups in total. The molecule has 11 heavy (non-hydrogen) atoms. The zero-order valence-electron chi connectivity index (χ0n) is 6.59. The lowest BCUT2D eigenvalue weighted by Gasteiger charge is -1.94. The molecule has 60 valence electrons. The highest BCUT2D eigenvalue weighted by Gasteiger charge is 1.85. The molecular formula is C9H14N2. The highest BCUT2D eigenvalue weighted by molar-refractivity contribution is 5.39. The van der Waals surface area contributed by atoms with E-state index in [0.717, 1.165) is 11.3 Å². The monoisotopic (exact) mass is 150 g/mol. The summed E-state index contributed by atoms with van der Waals surface area (Å²) < 4.78 is 0. The molecule has 0 aliphatic rings. The Morgan fingerprint density at radius 1 is 1.09 bits per heavy atom. The van der Waals surface area contributed by atoms with E-state index in [9.17, 15) is 0 Å². The van der Waals surface area contributed by atoms with Gasteiger partial charge in [0, 0.05) is 12.2 Å². The lowest BCUT2D eigenvalue weighted by Crippen LogP contribution is -1.95. The molecule has 0 saturated carbocycles. The van der Waals surface area contributed by atoms with E-state index < -0.39 is 0 Å². The van der Waals surface area contributed by atoms with E-state index in [-0.39, 0.29) is 0 Å². The van der Waals surface area contributed by atoms with E-state index >= 15 is 0 Å². The van der Waals surface area contributed by atoms with Crippen molar-refractivity contribution in [2.45, 2.75) is 6.54 Å². The van der Waals surface area contributed by atoms with E-state index in [1.165, 1.54) is 0 Å². The van der Waals surface area contributed by atoms with Crippen molar-refractivity contribution in [1.82, 2.24) is 0 Å². The summed E-state index contributed by atoms with van der Waals surface area (Å²) in [5, 5.41) is 0. The molecule has 0 heterocycles. The van der Waals surface area contributed by atoms with Crippen LogP contribution in [-0.2, 0) is 6.54 Å². The first kappa shape index (κ1) is 9.72. The number of nitrogens with two attached hydrogens (primary N) is 2. The number of anilines is 1. The Morgan fingerprint density at radius 2 is 1.55 bits per heavy atom. The van der Waals surface area contributed by atoms with Crippen molar-refractivity contribution in [1.29, 1.82) is 0 Å². The summed E-state index contributed by atoms with van der Waals surface area (Å²) >= 11 is 0. The van der Waals surface area contributed by atoms with Crippen LogP contribution in [0.1, 0.15) is 5.56 Å². The van der Waals surface area contributed by atoms with Crippen LogP contribution in [0.2, 0.25) is 0 Å². The third-order valence-electron chi connectivity index (χ3n) is 1.22. The summed E-state index contributed by atoms with van der Waals surface area (Å²) in [5.41, 5.74) is 12.7. The highest BCUT2D eigenvalue weighted by Crippen LogP contribution is 2.03. The van der Waals surface area contributed by atoms with Gasteiger partial charge in [-0.15, -0.1) is 13.2 Å². The van der Waals surface area contributed by atoms with Gasteiger partial charge in [0.25, 0.3) is 0 Å². The maximum absolute atomic E-state index is 5.44. The standard InChI is InChI=1S/C7H10N2.C2H4/c8-5-6-1-3-7(9)4-2-6;1-2/h1-4H,5,8-9H2;1-2H2. The highest BCUT2D eigenvalue weighted by atomic mass is 14.5. The van der Waals surface area contributed by atoms with Crippen molar-refractivity contribution in [2.75, 3.05) is 5.73 Å². The molecule has 1 aromatic rings. The molecule has 0 aliphatic heterocycles. The molecule has 1 aromatic carbocycles. The Kier molecular flexibility index (Phi) is 4.86. The maximum Gasteiger partial charge on any atom is 0.0314 e. The fourth-order valence-electron chi connectivity index (χ4n) is 0.654. The fraction of sp³-hybridized carbons (Fsp3) is 0.111. The van der Waals surface area contributed by atoms with E-state index in [1.54, 1.807) is 0 Å². The second-order valence-corrected chi connectivity index (χ2v) is 1.95. The third kappa shape index (κ3) is 3.43. The van der Waals surface area contributed by atoms with E-state index in [4.69, 9.17) is 11.5 Å². The minimum Gasteiger partial charge on any atom is -0.399 e. The van der Waals surface area contributed by atoms with E-state index in [0.29, 0.717) is 6.54 Å². The molecule has 0 fully saturated rings. The van der Waals surface area contributed by atoms with Crippen LogP contribution >= 0.6 is 0 Å². The summed E-state index contributed by atoms with van der Waals surface area (Å²) in [6.45, 7) is 6.58. The smallest absolute Gasteiger partial charge is 0.0314 e. The second-order valence-electron chi connectivity index (χ2n) is 1.95. The summed E-state index contributed by atoms with van der Waals surface area (Å²) in [4.78, 5) is 0. The number of hydrogen-bond donors (Lipinski definition) is 2. The third-order valence-corrected chi connectivity index (χ3v) is 1.22. The van der Waals surface area contributed by atoms with Crippen molar-refractivity contribution in [2.24, 2.45) is 5.73 Å². The minimum atomic E-state index is 0.584. The van der Waals surface area contributed by atoms with Crippen LogP contribution in [0.3, 0.4) is 0 Å². The molecule has 0 bridgehead atoms. The van der Waals surface area contributed by atoms with Gasteiger partial charge in [0.15, 0.2) is 0 Å². The Labute approximate surface area is 67.5 Å². The quantitative estimate of drug-likeness (QED) is 0.471. The molecule has 0 radical (unpaired) electrons. The maximum atomic E-state index is 5.44. The first-order valence-electron chi connectivity index (χ1n) is 3.37. The van der Waals surface area contributed by atoms with Crippen LogP contribution < -0.4 is 11.5 Å². The van der Waals surface area contributed by atoms with E-state index in [1.807, 2.05) is 24.3 Å². The molecule has 0 spiro atoms. The van der Waals surface area contributed by atoms with Gasteiger partial charge in [0.2, 0.25) is 0 Å². The van der Waals surface area contributed by atoms with Crippen LogP contribution in [0, 0.1) is 0 Å². The van der Waals surface area contributed by atoms with Crippen LogP contribution in [0.4, 0.5) is 5.69 Å². The van der Waals surface area contributed by atoms with Crippen molar-refractivity contribution >= 4 is 5.69 Å². The van der Waals surface area contributed by atoms with Gasteiger partial charge in [-0.25, -0.2) is 0 Å². The fourth-order valence-corrected chi connectivity index (χ4v) is 0.654. The zero-order chi connectivity index (χ0) is 8.69. The summed E-state index contributed by atoms with van der Waals surface area (Å²) in [6, 6.07) is 7.55.